The second-order valence-corrected chi connectivity index (χ2v) is 2.11. The summed E-state index contributed by atoms with van der Waals surface area (Å²) < 4.78 is 30.0. The zero-order chi connectivity index (χ0) is 11.2. The lowest BCUT2D eigenvalue weighted by Gasteiger charge is -1.83. The molecule has 54 valence electrons. The molecule has 0 fully saturated rings. The standard InChI is InChI=1S/C9H7NO/c11-6-8-5-7-3-1-2-4-9(7)10-8/h1-6,10H/i1D,2D,3D,5D. The van der Waals surface area contributed by atoms with Gasteiger partial charge in [0.15, 0.2) is 6.29 Å². The minimum absolute atomic E-state index is 0.0727. The highest BCUT2D eigenvalue weighted by Crippen LogP contribution is 2.12. The molecule has 0 aliphatic rings. The average molecular weight is 149 g/mol. The van der Waals surface area contributed by atoms with E-state index in [1.807, 2.05) is 0 Å². The maximum atomic E-state index is 10.6. The number of aldehydes is 1. The molecule has 1 aromatic heterocycles. The summed E-state index contributed by atoms with van der Waals surface area (Å²) in [6.45, 7) is 0. The molecule has 0 spiro atoms. The Morgan fingerprint density at radius 1 is 1.55 bits per heavy atom. The lowest BCUT2D eigenvalue weighted by Crippen LogP contribution is -1.73. The van der Waals surface area contributed by atoms with Gasteiger partial charge in [0.1, 0.15) is 0 Å². The molecule has 2 rings (SSSR count). The molecular formula is C9H7NO. The normalized spacial score (nSPS) is 15.3. The van der Waals surface area contributed by atoms with Gasteiger partial charge in [0.25, 0.3) is 0 Å². The summed E-state index contributed by atoms with van der Waals surface area (Å²) in [6, 6.07) is 0.754. The Bertz CT molecular complexity index is 561. The number of H-pyrrole nitrogens is 1. The molecule has 0 saturated carbocycles. The third kappa shape index (κ3) is 0.923. The third-order valence-corrected chi connectivity index (χ3v) is 1.39. The highest BCUT2D eigenvalue weighted by molar-refractivity contribution is 5.87. The Balaban J connectivity index is 2.96. The molecule has 0 bridgehead atoms. The van der Waals surface area contributed by atoms with E-state index in [0.29, 0.717) is 11.8 Å². The second-order valence-electron chi connectivity index (χ2n) is 2.11. The molecule has 0 radical (unpaired) electrons. The van der Waals surface area contributed by atoms with E-state index in [0.717, 1.165) is 0 Å². The summed E-state index contributed by atoms with van der Waals surface area (Å²) >= 11 is 0. The fourth-order valence-corrected chi connectivity index (χ4v) is 0.913. The van der Waals surface area contributed by atoms with Crippen molar-refractivity contribution in [2.24, 2.45) is 0 Å². The van der Waals surface area contributed by atoms with Crippen molar-refractivity contribution < 1.29 is 10.3 Å². The fraction of sp³-hybridized carbons (Fsp3) is 0. The number of hydrogen-bond donors (Lipinski definition) is 1. The van der Waals surface area contributed by atoms with Crippen LogP contribution in [0.1, 0.15) is 16.0 Å². The van der Waals surface area contributed by atoms with Gasteiger partial charge in [0.05, 0.1) is 11.2 Å². The molecule has 0 saturated heterocycles. The van der Waals surface area contributed by atoms with E-state index in [4.69, 9.17) is 5.48 Å². The third-order valence-electron chi connectivity index (χ3n) is 1.39. The number of carbonyl (C=O) groups is 1. The van der Waals surface area contributed by atoms with Crippen molar-refractivity contribution in [2.75, 3.05) is 0 Å². The highest BCUT2D eigenvalue weighted by atomic mass is 16.1. The second kappa shape index (κ2) is 2.23. The number of rotatable bonds is 1. The molecule has 0 unspecified atom stereocenters. The number of fused-ring (bicyclic) bond motifs is 1. The van der Waals surface area contributed by atoms with E-state index in [-0.39, 0.29) is 35.2 Å². The van der Waals surface area contributed by atoms with Gasteiger partial charge in [-0.25, -0.2) is 0 Å². The fourth-order valence-electron chi connectivity index (χ4n) is 0.913. The minimum Gasteiger partial charge on any atom is -0.352 e. The zero-order valence-electron chi connectivity index (χ0n) is 9.56. The van der Waals surface area contributed by atoms with Crippen molar-refractivity contribution in [3.8, 4) is 0 Å². The molecule has 1 heterocycles. The average Bonchev–Trinajstić information content (AvgIpc) is 2.52. The van der Waals surface area contributed by atoms with Crippen LogP contribution in [0.4, 0.5) is 0 Å². The topological polar surface area (TPSA) is 32.9 Å². The van der Waals surface area contributed by atoms with Gasteiger partial charge in [-0.15, -0.1) is 0 Å². The number of carbonyl (C=O) groups excluding carboxylic acids is 1. The molecule has 2 aromatic rings. The summed E-state index contributed by atoms with van der Waals surface area (Å²) in [4.78, 5) is 13.2. The van der Waals surface area contributed by atoms with E-state index in [2.05, 4.69) is 4.98 Å². The molecule has 0 atom stereocenters. The Hall–Kier alpha value is -1.57. The van der Waals surface area contributed by atoms with Crippen LogP contribution in [0.25, 0.3) is 10.9 Å². The summed E-state index contributed by atoms with van der Waals surface area (Å²) in [5.41, 5.74) is 0.455. The summed E-state index contributed by atoms with van der Waals surface area (Å²) in [6.07, 6.45) is 0.495. The van der Waals surface area contributed by atoms with Crippen LogP contribution in [0.15, 0.2) is 30.2 Å². The molecule has 2 nitrogen and oxygen atoms in total. The van der Waals surface area contributed by atoms with Crippen LogP contribution in [-0.4, -0.2) is 11.3 Å². The van der Waals surface area contributed by atoms with Crippen molar-refractivity contribution in [1.82, 2.24) is 4.98 Å². The van der Waals surface area contributed by atoms with Crippen molar-refractivity contribution in [2.45, 2.75) is 0 Å². The Kier molecular flexibility index (Phi) is 0.654. The van der Waals surface area contributed by atoms with Crippen molar-refractivity contribution in [3.63, 3.8) is 0 Å². The molecule has 0 aliphatic carbocycles. The number of aromatic nitrogens is 1. The van der Waals surface area contributed by atoms with E-state index >= 15 is 0 Å². The zero-order valence-corrected chi connectivity index (χ0v) is 5.56. The van der Waals surface area contributed by atoms with Crippen molar-refractivity contribution in [1.29, 1.82) is 0 Å². The Labute approximate surface area is 69.5 Å². The van der Waals surface area contributed by atoms with Crippen molar-refractivity contribution >= 4 is 17.2 Å². The quantitative estimate of drug-likeness (QED) is 0.618. The predicted molar refractivity (Wildman–Crippen MR) is 43.7 cm³/mol. The van der Waals surface area contributed by atoms with Gasteiger partial charge in [-0.1, -0.05) is 18.1 Å². The highest BCUT2D eigenvalue weighted by Gasteiger charge is 1.95. The number of hydrogen-bond acceptors (Lipinski definition) is 1. The largest absolute Gasteiger partial charge is 0.352 e. The molecule has 0 aliphatic heterocycles. The van der Waals surface area contributed by atoms with Crippen LogP contribution in [-0.2, 0) is 0 Å². The van der Waals surface area contributed by atoms with Gasteiger partial charge in [-0.05, 0) is 12.1 Å². The van der Waals surface area contributed by atoms with E-state index < -0.39 is 0 Å². The first-order valence-corrected chi connectivity index (χ1v) is 3.10. The maximum absolute atomic E-state index is 10.6. The number of nitrogens with one attached hydrogen (secondary N) is 1. The van der Waals surface area contributed by atoms with Gasteiger partial charge in [0, 0.05) is 10.9 Å². The van der Waals surface area contributed by atoms with Gasteiger partial charge in [0.2, 0.25) is 0 Å². The molecule has 11 heavy (non-hydrogen) atoms. The van der Waals surface area contributed by atoms with Gasteiger partial charge in [-0.3, -0.25) is 4.79 Å². The number of aromatic amines is 1. The first-order valence-electron chi connectivity index (χ1n) is 5.10. The van der Waals surface area contributed by atoms with Crippen LogP contribution in [0, 0.1) is 0 Å². The number of benzene rings is 1. The smallest absolute Gasteiger partial charge is 0.166 e. The summed E-state index contributed by atoms with van der Waals surface area (Å²) in [5, 5.41) is 0.220. The molecule has 1 N–H and O–H groups in total. The van der Waals surface area contributed by atoms with E-state index in [9.17, 15) is 4.79 Å². The Morgan fingerprint density at radius 3 is 3.27 bits per heavy atom. The monoisotopic (exact) mass is 149 g/mol. The predicted octanol–water partition coefficient (Wildman–Crippen LogP) is 1.98. The summed E-state index contributed by atoms with van der Waals surface area (Å²) in [7, 11) is 0. The molecule has 1 aromatic carbocycles. The number of para-hydroxylation sites is 1. The first kappa shape index (κ1) is 3.22. The van der Waals surface area contributed by atoms with Gasteiger partial charge < -0.3 is 4.98 Å². The van der Waals surface area contributed by atoms with Crippen molar-refractivity contribution in [3.05, 3.63) is 35.9 Å². The lowest BCUT2D eigenvalue weighted by atomic mass is 10.2. The SMILES string of the molecule is [2H]c1cc2[nH]c(C=O)c([2H])c2c([2H])c1[2H]. The van der Waals surface area contributed by atoms with Crippen LogP contribution in [0.2, 0.25) is 0 Å². The summed E-state index contributed by atoms with van der Waals surface area (Å²) in [5.74, 6) is 0. The lowest BCUT2D eigenvalue weighted by molar-refractivity contribution is 0.112. The minimum atomic E-state index is -0.229. The molecule has 0 amide bonds. The van der Waals surface area contributed by atoms with Crippen LogP contribution >= 0.6 is 0 Å². The van der Waals surface area contributed by atoms with Crippen LogP contribution in [0.5, 0.6) is 0 Å². The Morgan fingerprint density at radius 2 is 2.45 bits per heavy atom. The molecular weight excluding hydrogens is 138 g/mol. The van der Waals surface area contributed by atoms with E-state index in [1.165, 1.54) is 6.07 Å². The van der Waals surface area contributed by atoms with E-state index in [1.54, 1.807) is 0 Å². The van der Waals surface area contributed by atoms with Gasteiger partial charge >= 0.3 is 0 Å². The van der Waals surface area contributed by atoms with Crippen LogP contribution in [0.3, 0.4) is 0 Å². The van der Waals surface area contributed by atoms with Crippen LogP contribution < -0.4 is 0 Å². The first-order chi connectivity index (χ1) is 7.06. The maximum Gasteiger partial charge on any atom is 0.166 e. The molecule has 2 heteroatoms. The van der Waals surface area contributed by atoms with Gasteiger partial charge in [-0.2, -0.15) is 0 Å².